The van der Waals surface area contributed by atoms with Gasteiger partial charge >= 0.3 is 0 Å². The van der Waals surface area contributed by atoms with Gasteiger partial charge in [0, 0.05) is 11.5 Å². The summed E-state index contributed by atoms with van der Waals surface area (Å²) in [6.07, 6.45) is 0. The molecule has 2 nitrogen and oxygen atoms in total. The zero-order valence-corrected chi connectivity index (χ0v) is 9.63. The predicted octanol–water partition coefficient (Wildman–Crippen LogP) is 2.84. The molecule has 0 aromatic heterocycles. The zero-order valence-electron chi connectivity index (χ0n) is 9.63. The lowest BCUT2D eigenvalue weighted by molar-refractivity contribution is -0.135. The SMILES string of the molecule is Cc1cccc2c1OC(C)(C)C(=O)C2C. The van der Waals surface area contributed by atoms with E-state index in [0.717, 1.165) is 16.9 Å². The van der Waals surface area contributed by atoms with Gasteiger partial charge in [-0.1, -0.05) is 25.1 Å². The normalized spacial score (nSPS) is 23.2. The topological polar surface area (TPSA) is 26.3 Å². The fraction of sp³-hybridized carbons (Fsp3) is 0.462. The molecule has 1 aromatic carbocycles. The number of fused-ring (bicyclic) bond motifs is 1. The van der Waals surface area contributed by atoms with Crippen molar-refractivity contribution in [2.24, 2.45) is 0 Å². The number of Topliss-reactive ketones (excluding diaryl/α,β-unsaturated/α-hetero) is 1. The van der Waals surface area contributed by atoms with Crippen LogP contribution < -0.4 is 4.74 Å². The molecule has 15 heavy (non-hydrogen) atoms. The molecule has 1 aliphatic heterocycles. The standard InChI is InChI=1S/C13H16O2/c1-8-6-5-7-10-9(2)12(14)13(3,4)15-11(8)10/h5-7,9H,1-4H3. The number of rotatable bonds is 0. The number of aryl methyl sites for hydroxylation is 1. The van der Waals surface area contributed by atoms with E-state index < -0.39 is 5.60 Å². The highest BCUT2D eigenvalue weighted by Gasteiger charge is 2.40. The van der Waals surface area contributed by atoms with Crippen LogP contribution in [0.25, 0.3) is 0 Å². The molecule has 1 atom stereocenters. The Morgan fingerprint density at radius 1 is 1.33 bits per heavy atom. The van der Waals surface area contributed by atoms with Gasteiger partial charge in [0.1, 0.15) is 5.75 Å². The van der Waals surface area contributed by atoms with E-state index in [1.54, 1.807) is 0 Å². The Labute approximate surface area is 90.3 Å². The van der Waals surface area contributed by atoms with Crippen LogP contribution in [-0.2, 0) is 4.79 Å². The van der Waals surface area contributed by atoms with Gasteiger partial charge in [0.05, 0.1) is 0 Å². The molecule has 0 bridgehead atoms. The summed E-state index contributed by atoms with van der Waals surface area (Å²) < 4.78 is 5.78. The molecule has 1 aliphatic rings. The van der Waals surface area contributed by atoms with Crippen molar-refractivity contribution in [1.82, 2.24) is 0 Å². The number of hydrogen-bond donors (Lipinski definition) is 0. The molecular weight excluding hydrogens is 188 g/mol. The second-order valence-electron chi connectivity index (χ2n) is 4.69. The average molecular weight is 204 g/mol. The molecule has 1 aromatic rings. The highest BCUT2D eigenvalue weighted by Crippen LogP contribution is 2.39. The van der Waals surface area contributed by atoms with Gasteiger partial charge in [0.2, 0.25) is 0 Å². The van der Waals surface area contributed by atoms with Crippen LogP contribution in [0.1, 0.15) is 37.8 Å². The van der Waals surface area contributed by atoms with Gasteiger partial charge in [-0.05, 0) is 26.3 Å². The molecule has 0 saturated heterocycles. The van der Waals surface area contributed by atoms with E-state index in [1.807, 2.05) is 45.9 Å². The lowest BCUT2D eigenvalue weighted by Gasteiger charge is -2.35. The Hall–Kier alpha value is -1.31. The number of carbonyl (C=O) groups excluding carboxylic acids is 1. The van der Waals surface area contributed by atoms with Gasteiger partial charge < -0.3 is 4.74 Å². The summed E-state index contributed by atoms with van der Waals surface area (Å²) in [6, 6.07) is 5.96. The minimum Gasteiger partial charge on any atom is -0.479 e. The van der Waals surface area contributed by atoms with Crippen molar-refractivity contribution in [3.63, 3.8) is 0 Å². The molecule has 0 radical (unpaired) electrons. The number of hydrogen-bond acceptors (Lipinski definition) is 2. The Bertz CT molecular complexity index is 419. The van der Waals surface area contributed by atoms with Crippen molar-refractivity contribution in [3.05, 3.63) is 29.3 Å². The molecule has 0 saturated carbocycles. The quantitative estimate of drug-likeness (QED) is 0.649. The maximum atomic E-state index is 12.0. The first kappa shape index (κ1) is 10.2. The average Bonchev–Trinajstić information content (AvgIpc) is 2.17. The van der Waals surface area contributed by atoms with E-state index in [-0.39, 0.29) is 11.7 Å². The summed E-state index contributed by atoms with van der Waals surface area (Å²) in [6.45, 7) is 7.63. The lowest BCUT2D eigenvalue weighted by atomic mass is 9.83. The molecule has 0 aliphatic carbocycles. The maximum Gasteiger partial charge on any atom is 0.183 e. The van der Waals surface area contributed by atoms with Crippen molar-refractivity contribution in [2.75, 3.05) is 0 Å². The fourth-order valence-electron chi connectivity index (χ4n) is 2.12. The number of ketones is 1. The zero-order chi connectivity index (χ0) is 11.2. The Morgan fingerprint density at radius 2 is 2.00 bits per heavy atom. The minimum absolute atomic E-state index is 0.0661. The van der Waals surface area contributed by atoms with E-state index >= 15 is 0 Å². The monoisotopic (exact) mass is 204 g/mol. The highest BCUT2D eigenvalue weighted by molar-refractivity contribution is 5.94. The van der Waals surface area contributed by atoms with Gasteiger partial charge in [-0.2, -0.15) is 0 Å². The minimum atomic E-state index is -0.696. The van der Waals surface area contributed by atoms with Gasteiger partial charge in [0.15, 0.2) is 11.4 Å². The molecule has 2 rings (SSSR count). The molecule has 1 heterocycles. The number of ether oxygens (including phenoxy) is 1. The Kier molecular flexibility index (Phi) is 2.10. The van der Waals surface area contributed by atoms with Crippen molar-refractivity contribution in [2.45, 2.75) is 39.2 Å². The van der Waals surface area contributed by atoms with Crippen LogP contribution in [0.3, 0.4) is 0 Å². The molecule has 80 valence electrons. The van der Waals surface area contributed by atoms with Crippen LogP contribution in [0.15, 0.2) is 18.2 Å². The molecular formula is C13H16O2. The van der Waals surface area contributed by atoms with E-state index in [2.05, 4.69) is 0 Å². The van der Waals surface area contributed by atoms with E-state index in [0.29, 0.717) is 0 Å². The molecule has 2 heteroatoms. The largest absolute Gasteiger partial charge is 0.479 e. The highest BCUT2D eigenvalue weighted by atomic mass is 16.5. The number of benzene rings is 1. The molecule has 0 fully saturated rings. The van der Waals surface area contributed by atoms with Crippen LogP contribution in [0.4, 0.5) is 0 Å². The van der Waals surface area contributed by atoms with Crippen LogP contribution >= 0.6 is 0 Å². The fourth-order valence-corrected chi connectivity index (χ4v) is 2.12. The van der Waals surface area contributed by atoms with Crippen LogP contribution in [0.2, 0.25) is 0 Å². The van der Waals surface area contributed by atoms with Crippen molar-refractivity contribution in [3.8, 4) is 5.75 Å². The summed E-state index contributed by atoms with van der Waals surface area (Å²) >= 11 is 0. The van der Waals surface area contributed by atoms with Crippen molar-refractivity contribution < 1.29 is 9.53 Å². The van der Waals surface area contributed by atoms with Gasteiger partial charge in [-0.15, -0.1) is 0 Å². The number of carbonyl (C=O) groups is 1. The Balaban J connectivity index is 2.60. The van der Waals surface area contributed by atoms with Gasteiger partial charge in [-0.3, -0.25) is 4.79 Å². The third-order valence-electron chi connectivity index (χ3n) is 3.05. The van der Waals surface area contributed by atoms with Crippen LogP contribution in [0, 0.1) is 6.92 Å². The summed E-state index contributed by atoms with van der Waals surface area (Å²) in [4.78, 5) is 12.0. The van der Waals surface area contributed by atoms with Gasteiger partial charge in [-0.25, -0.2) is 0 Å². The summed E-state index contributed by atoms with van der Waals surface area (Å²) in [5.74, 6) is 0.971. The smallest absolute Gasteiger partial charge is 0.183 e. The van der Waals surface area contributed by atoms with Crippen molar-refractivity contribution in [1.29, 1.82) is 0 Å². The van der Waals surface area contributed by atoms with Crippen molar-refractivity contribution >= 4 is 5.78 Å². The Morgan fingerprint density at radius 3 is 2.67 bits per heavy atom. The maximum absolute atomic E-state index is 12.0. The third kappa shape index (κ3) is 1.44. The van der Waals surface area contributed by atoms with E-state index in [9.17, 15) is 4.79 Å². The first-order chi connectivity index (χ1) is 6.93. The second kappa shape index (κ2) is 3.09. The van der Waals surface area contributed by atoms with Crippen LogP contribution in [-0.4, -0.2) is 11.4 Å². The van der Waals surface area contributed by atoms with Crippen LogP contribution in [0.5, 0.6) is 5.75 Å². The lowest BCUT2D eigenvalue weighted by Crippen LogP contribution is -2.44. The predicted molar refractivity (Wildman–Crippen MR) is 59.3 cm³/mol. The summed E-state index contributed by atoms with van der Waals surface area (Å²) in [5, 5.41) is 0. The first-order valence-corrected chi connectivity index (χ1v) is 5.26. The van der Waals surface area contributed by atoms with E-state index in [1.165, 1.54) is 0 Å². The third-order valence-corrected chi connectivity index (χ3v) is 3.05. The molecule has 0 N–H and O–H groups in total. The van der Waals surface area contributed by atoms with E-state index in [4.69, 9.17) is 4.74 Å². The second-order valence-corrected chi connectivity index (χ2v) is 4.69. The molecule has 1 unspecified atom stereocenters. The number of para-hydroxylation sites is 1. The molecule has 0 spiro atoms. The first-order valence-electron chi connectivity index (χ1n) is 5.26. The molecule has 0 amide bonds. The van der Waals surface area contributed by atoms with Gasteiger partial charge in [0.25, 0.3) is 0 Å². The summed E-state index contributed by atoms with van der Waals surface area (Å²) in [5.41, 5.74) is 1.41. The summed E-state index contributed by atoms with van der Waals surface area (Å²) in [7, 11) is 0.